The number of rotatable bonds is 8. The molecule has 1 heterocycles. The van der Waals surface area contributed by atoms with Gasteiger partial charge in [0, 0.05) is 44.8 Å². The summed E-state index contributed by atoms with van der Waals surface area (Å²) in [6.07, 6.45) is 0. The number of aryl methyl sites for hydroxylation is 1. The molecule has 3 rings (SSSR count). The SMILES string of the molecule is COc1ccc(S(=O)(=O)NC[C@H](c2ccc(C)cc2)N2CCN(C)CC2)cc1OC. The van der Waals surface area contributed by atoms with Crippen molar-refractivity contribution < 1.29 is 17.9 Å². The molecule has 1 aliphatic heterocycles. The fraction of sp³-hybridized carbons (Fsp3) is 0.455. The maximum Gasteiger partial charge on any atom is 0.240 e. The van der Waals surface area contributed by atoms with Crippen molar-refractivity contribution in [1.82, 2.24) is 14.5 Å². The summed E-state index contributed by atoms with van der Waals surface area (Å²) in [6, 6.07) is 12.9. The van der Waals surface area contributed by atoms with Gasteiger partial charge in [-0.3, -0.25) is 4.90 Å². The molecule has 1 fully saturated rings. The third-order valence-corrected chi connectivity index (χ3v) is 6.99. The number of benzene rings is 2. The first-order valence-electron chi connectivity index (χ1n) is 10.0. The van der Waals surface area contributed by atoms with Gasteiger partial charge in [0.2, 0.25) is 10.0 Å². The van der Waals surface area contributed by atoms with E-state index in [2.05, 4.69) is 52.8 Å². The van der Waals surface area contributed by atoms with E-state index in [0.717, 1.165) is 31.7 Å². The molecule has 1 aliphatic rings. The van der Waals surface area contributed by atoms with E-state index in [1.807, 2.05) is 0 Å². The van der Waals surface area contributed by atoms with Crippen LogP contribution in [0.15, 0.2) is 47.4 Å². The predicted octanol–water partition coefficient (Wildman–Crippen LogP) is 2.28. The van der Waals surface area contributed by atoms with Crippen molar-refractivity contribution in [2.45, 2.75) is 17.9 Å². The standard InChI is InChI=1S/C22H31N3O4S/c1-17-5-7-18(8-6-17)20(25-13-11-24(2)12-14-25)16-23-30(26,27)19-9-10-21(28-3)22(15-19)29-4/h5-10,15,20,23H,11-14,16H2,1-4H3/t20-/m1/s1. The third kappa shape index (κ3) is 5.31. The molecular weight excluding hydrogens is 402 g/mol. The highest BCUT2D eigenvalue weighted by Gasteiger charge is 2.26. The number of nitrogens with zero attached hydrogens (tertiary/aromatic N) is 2. The Balaban J connectivity index is 1.81. The maximum absolute atomic E-state index is 13.0. The number of nitrogens with one attached hydrogen (secondary N) is 1. The zero-order valence-corrected chi connectivity index (χ0v) is 18.9. The summed E-state index contributed by atoms with van der Waals surface area (Å²) >= 11 is 0. The van der Waals surface area contributed by atoms with E-state index < -0.39 is 10.0 Å². The van der Waals surface area contributed by atoms with Crippen LogP contribution < -0.4 is 14.2 Å². The minimum Gasteiger partial charge on any atom is -0.493 e. The van der Waals surface area contributed by atoms with Crippen LogP contribution in [0.2, 0.25) is 0 Å². The smallest absolute Gasteiger partial charge is 0.240 e. The Morgan fingerprint density at radius 2 is 1.60 bits per heavy atom. The van der Waals surface area contributed by atoms with Gasteiger partial charge in [-0.05, 0) is 31.7 Å². The third-order valence-electron chi connectivity index (χ3n) is 5.57. The van der Waals surface area contributed by atoms with Crippen molar-refractivity contribution in [3.8, 4) is 11.5 Å². The quantitative estimate of drug-likeness (QED) is 0.689. The molecular formula is C22H31N3O4S. The van der Waals surface area contributed by atoms with Gasteiger partial charge >= 0.3 is 0 Å². The summed E-state index contributed by atoms with van der Waals surface area (Å²) in [5.41, 5.74) is 2.29. The summed E-state index contributed by atoms with van der Waals surface area (Å²) in [6.45, 7) is 6.06. The number of sulfonamides is 1. The van der Waals surface area contributed by atoms with Gasteiger partial charge in [-0.25, -0.2) is 13.1 Å². The zero-order valence-electron chi connectivity index (χ0n) is 18.1. The Morgan fingerprint density at radius 1 is 0.967 bits per heavy atom. The lowest BCUT2D eigenvalue weighted by atomic mass is 10.0. The largest absolute Gasteiger partial charge is 0.493 e. The molecule has 2 aromatic carbocycles. The highest BCUT2D eigenvalue weighted by molar-refractivity contribution is 7.89. The van der Waals surface area contributed by atoms with E-state index in [1.165, 1.54) is 31.9 Å². The van der Waals surface area contributed by atoms with Gasteiger partial charge in [-0.15, -0.1) is 0 Å². The predicted molar refractivity (Wildman–Crippen MR) is 118 cm³/mol. The van der Waals surface area contributed by atoms with Crippen LogP contribution in [0.4, 0.5) is 0 Å². The molecule has 0 spiro atoms. The maximum atomic E-state index is 13.0. The fourth-order valence-electron chi connectivity index (χ4n) is 3.64. The van der Waals surface area contributed by atoms with Gasteiger partial charge < -0.3 is 14.4 Å². The summed E-state index contributed by atoms with van der Waals surface area (Å²) in [5.74, 6) is 0.876. The molecule has 1 atom stereocenters. The molecule has 2 aromatic rings. The molecule has 1 saturated heterocycles. The molecule has 0 bridgehead atoms. The van der Waals surface area contributed by atoms with Crippen LogP contribution in [0.5, 0.6) is 11.5 Å². The Kier molecular flexibility index (Phi) is 7.36. The summed E-state index contributed by atoms with van der Waals surface area (Å²) in [5, 5.41) is 0. The molecule has 8 heteroatoms. The minimum absolute atomic E-state index is 0.0331. The molecule has 7 nitrogen and oxygen atoms in total. The monoisotopic (exact) mass is 433 g/mol. The highest BCUT2D eigenvalue weighted by Crippen LogP contribution is 2.30. The second-order valence-corrected chi connectivity index (χ2v) is 9.40. The Hall–Kier alpha value is -2.13. The van der Waals surface area contributed by atoms with Gasteiger partial charge in [-0.1, -0.05) is 29.8 Å². The number of ether oxygens (including phenoxy) is 2. The van der Waals surface area contributed by atoms with E-state index in [0.29, 0.717) is 18.0 Å². The zero-order chi connectivity index (χ0) is 21.7. The summed E-state index contributed by atoms with van der Waals surface area (Å²) in [4.78, 5) is 4.79. The first-order chi connectivity index (χ1) is 14.3. The lowest BCUT2D eigenvalue weighted by molar-refractivity contribution is 0.113. The van der Waals surface area contributed by atoms with Crippen molar-refractivity contribution in [3.63, 3.8) is 0 Å². The molecule has 0 amide bonds. The van der Waals surface area contributed by atoms with Crippen LogP contribution in [-0.4, -0.2) is 72.2 Å². The average molecular weight is 434 g/mol. The van der Waals surface area contributed by atoms with Crippen LogP contribution in [0.3, 0.4) is 0 Å². The van der Waals surface area contributed by atoms with Crippen LogP contribution in [-0.2, 0) is 10.0 Å². The van der Waals surface area contributed by atoms with E-state index >= 15 is 0 Å². The first kappa shape index (κ1) is 22.6. The molecule has 0 aromatic heterocycles. The van der Waals surface area contributed by atoms with Crippen molar-refractivity contribution in [2.24, 2.45) is 0 Å². The molecule has 0 unspecified atom stereocenters. The summed E-state index contributed by atoms with van der Waals surface area (Å²) < 4.78 is 39.2. The lowest BCUT2D eigenvalue weighted by Crippen LogP contribution is -2.48. The van der Waals surface area contributed by atoms with Gasteiger partial charge in [0.05, 0.1) is 19.1 Å². The lowest BCUT2D eigenvalue weighted by Gasteiger charge is -2.38. The molecule has 0 saturated carbocycles. The van der Waals surface area contributed by atoms with Crippen molar-refractivity contribution >= 4 is 10.0 Å². The number of piperazine rings is 1. The average Bonchev–Trinajstić information content (AvgIpc) is 2.75. The Labute approximate surface area is 179 Å². The first-order valence-corrected chi connectivity index (χ1v) is 11.5. The van der Waals surface area contributed by atoms with Crippen LogP contribution in [0.1, 0.15) is 17.2 Å². The number of methoxy groups -OCH3 is 2. The van der Waals surface area contributed by atoms with Crippen LogP contribution in [0.25, 0.3) is 0 Å². The molecule has 164 valence electrons. The van der Waals surface area contributed by atoms with Crippen LogP contribution in [0, 0.1) is 6.92 Å². The Morgan fingerprint density at radius 3 is 2.20 bits per heavy atom. The highest BCUT2D eigenvalue weighted by atomic mass is 32.2. The normalized spacial score (nSPS) is 16.9. The number of hydrogen-bond donors (Lipinski definition) is 1. The van der Waals surface area contributed by atoms with Crippen molar-refractivity contribution in [2.75, 3.05) is 54.0 Å². The molecule has 30 heavy (non-hydrogen) atoms. The minimum atomic E-state index is -3.70. The van der Waals surface area contributed by atoms with Gasteiger partial charge in [0.25, 0.3) is 0 Å². The number of hydrogen-bond acceptors (Lipinski definition) is 6. The molecule has 0 aliphatic carbocycles. The number of likely N-dealkylation sites (N-methyl/N-ethyl adjacent to an activating group) is 1. The van der Waals surface area contributed by atoms with Gasteiger partial charge in [-0.2, -0.15) is 0 Å². The van der Waals surface area contributed by atoms with E-state index in [1.54, 1.807) is 6.07 Å². The fourth-order valence-corrected chi connectivity index (χ4v) is 4.69. The summed E-state index contributed by atoms with van der Waals surface area (Å²) in [7, 11) is 1.42. The van der Waals surface area contributed by atoms with Gasteiger partial charge in [0.15, 0.2) is 11.5 Å². The topological polar surface area (TPSA) is 71.1 Å². The van der Waals surface area contributed by atoms with Crippen molar-refractivity contribution in [1.29, 1.82) is 0 Å². The van der Waals surface area contributed by atoms with E-state index in [4.69, 9.17) is 9.47 Å². The van der Waals surface area contributed by atoms with Gasteiger partial charge in [0.1, 0.15) is 0 Å². The van der Waals surface area contributed by atoms with Crippen molar-refractivity contribution in [3.05, 3.63) is 53.6 Å². The molecule has 0 radical (unpaired) electrons. The molecule has 1 N–H and O–H groups in total. The van der Waals surface area contributed by atoms with Crippen LogP contribution >= 0.6 is 0 Å². The Bertz CT molecular complexity index is 939. The second kappa shape index (κ2) is 9.78. The second-order valence-electron chi connectivity index (χ2n) is 7.63. The van der Waals surface area contributed by atoms with E-state index in [-0.39, 0.29) is 10.9 Å². The van der Waals surface area contributed by atoms with E-state index in [9.17, 15) is 8.42 Å².